The summed E-state index contributed by atoms with van der Waals surface area (Å²) in [5.74, 6) is 0.0325. The zero-order valence-electron chi connectivity index (χ0n) is 13.3. The monoisotopic (exact) mass is 305 g/mol. The van der Waals surface area contributed by atoms with Gasteiger partial charge in [0.15, 0.2) is 0 Å². The van der Waals surface area contributed by atoms with Gasteiger partial charge in [-0.1, -0.05) is 30.3 Å². The number of amides is 2. The van der Waals surface area contributed by atoms with Gasteiger partial charge in [-0.25, -0.2) is 4.79 Å². The van der Waals surface area contributed by atoms with Gasteiger partial charge in [0.2, 0.25) is 5.91 Å². The first-order valence-corrected chi connectivity index (χ1v) is 7.40. The lowest BCUT2D eigenvalue weighted by molar-refractivity contribution is -0.130. The Hall–Kier alpha value is -2.08. The molecule has 0 saturated carbocycles. The van der Waals surface area contributed by atoms with Gasteiger partial charge in [-0.2, -0.15) is 0 Å². The van der Waals surface area contributed by atoms with Crippen LogP contribution < -0.4 is 5.32 Å². The number of ether oxygens (including phenoxy) is 1. The summed E-state index contributed by atoms with van der Waals surface area (Å²) in [6, 6.07) is 9.48. The van der Waals surface area contributed by atoms with Crippen LogP contribution in [0.5, 0.6) is 0 Å². The largest absolute Gasteiger partial charge is 0.445 e. The average Bonchev–Trinajstić information content (AvgIpc) is 2.48. The molecule has 0 spiro atoms. The first-order valence-electron chi connectivity index (χ1n) is 7.40. The summed E-state index contributed by atoms with van der Waals surface area (Å²) in [5, 5.41) is 3.22. The zero-order chi connectivity index (χ0) is 16.1. The van der Waals surface area contributed by atoms with Crippen molar-refractivity contribution in [3.63, 3.8) is 0 Å². The number of likely N-dealkylation sites (N-methyl/N-ethyl adjacent to an activating group) is 1. The van der Waals surface area contributed by atoms with Crippen molar-refractivity contribution in [1.29, 1.82) is 0 Å². The molecule has 1 aliphatic rings. The lowest BCUT2D eigenvalue weighted by atomic mass is 10.1. The second kappa shape index (κ2) is 7.26. The van der Waals surface area contributed by atoms with Crippen molar-refractivity contribution < 1.29 is 14.3 Å². The Labute approximate surface area is 131 Å². The van der Waals surface area contributed by atoms with Crippen molar-refractivity contribution in [2.24, 2.45) is 0 Å². The Morgan fingerprint density at radius 2 is 1.95 bits per heavy atom. The van der Waals surface area contributed by atoms with Gasteiger partial charge >= 0.3 is 6.09 Å². The molecule has 22 heavy (non-hydrogen) atoms. The molecular formula is C16H23N3O3. The molecule has 1 aromatic carbocycles. The molecule has 120 valence electrons. The van der Waals surface area contributed by atoms with Crippen LogP contribution in [0.3, 0.4) is 0 Å². The highest BCUT2D eigenvalue weighted by molar-refractivity contribution is 5.81. The first kappa shape index (κ1) is 16.3. The van der Waals surface area contributed by atoms with Crippen LogP contribution in [0, 0.1) is 0 Å². The smallest absolute Gasteiger partial charge is 0.410 e. The van der Waals surface area contributed by atoms with E-state index in [0.29, 0.717) is 13.1 Å². The minimum atomic E-state index is -0.312. The number of carbonyl (C=O) groups excluding carboxylic acids is 2. The summed E-state index contributed by atoms with van der Waals surface area (Å²) in [6.07, 6.45) is -0.312. The maximum Gasteiger partial charge on any atom is 0.410 e. The lowest BCUT2D eigenvalue weighted by Crippen LogP contribution is -2.63. The van der Waals surface area contributed by atoms with E-state index in [4.69, 9.17) is 4.74 Å². The molecule has 1 heterocycles. The number of hydrogen-bond donors (Lipinski definition) is 1. The fourth-order valence-corrected chi connectivity index (χ4v) is 2.36. The highest BCUT2D eigenvalue weighted by atomic mass is 16.6. The van der Waals surface area contributed by atoms with Gasteiger partial charge in [0.25, 0.3) is 0 Å². The summed E-state index contributed by atoms with van der Waals surface area (Å²) in [4.78, 5) is 26.8. The summed E-state index contributed by atoms with van der Waals surface area (Å²) >= 11 is 0. The molecule has 0 aromatic heterocycles. The molecule has 0 bridgehead atoms. The number of nitrogens with zero attached hydrogens (tertiary/aromatic N) is 2. The molecular weight excluding hydrogens is 282 g/mol. The third kappa shape index (κ3) is 4.21. The first-order chi connectivity index (χ1) is 10.5. The summed E-state index contributed by atoms with van der Waals surface area (Å²) in [7, 11) is 3.46. The molecule has 1 N–H and O–H groups in total. The van der Waals surface area contributed by atoms with Crippen molar-refractivity contribution >= 4 is 12.0 Å². The molecule has 6 nitrogen and oxygen atoms in total. The van der Waals surface area contributed by atoms with E-state index in [1.165, 1.54) is 0 Å². The average molecular weight is 305 g/mol. The van der Waals surface area contributed by atoms with Crippen molar-refractivity contribution in [3.05, 3.63) is 35.9 Å². The van der Waals surface area contributed by atoms with E-state index in [9.17, 15) is 9.59 Å². The van der Waals surface area contributed by atoms with Crippen LogP contribution in [0.2, 0.25) is 0 Å². The second-order valence-electron chi connectivity index (χ2n) is 5.76. The van der Waals surface area contributed by atoms with Crippen molar-refractivity contribution in [3.8, 4) is 0 Å². The fraction of sp³-hybridized carbons (Fsp3) is 0.500. The quantitative estimate of drug-likeness (QED) is 0.884. The highest BCUT2D eigenvalue weighted by Crippen LogP contribution is 2.12. The zero-order valence-corrected chi connectivity index (χ0v) is 13.3. The van der Waals surface area contributed by atoms with Crippen LogP contribution in [-0.4, -0.2) is 61.1 Å². The van der Waals surface area contributed by atoms with Crippen LogP contribution in [0.25, 0.3) is 0 Å². The Morgan fingerprint density at radius 3 is 2.55 bits per heavy atom. The van der Waals surface area contributed by atoms with Crippen LogP contribution in [0.1, 0.15) is 12.5 Å². The van der Waals surface area contributed by atoms with Gasteiger partial charge in [0.05, 0.1) is 6.04 Å². The van der Waals surface area contributed by atoms with Gasteiger partial charge < -0.3 is 14.5 Å². The summed E-state index contributed by atoms with van der Waals surface area (Å²) < 4.78 is 5.26. The van der Waals surface area contributed by atoms with E-state index in [1.54, 1.807) is 23.9 Å². The fourth-order valence-electron chi connectivity index (χ4n) is 2.36. The SMILES string of the molecule is C[C@H](NC1CN(C(=O)OCc2ccccc2)C1)C(=O)N(C)C. The molecule has 2 amide bonds. The van der Waals surface area contributed by atoms with E-state index >= 15 is 0 Å². The van der Waals surface area contributed by atoms with Crippen molar-refractivity contribution in [2.45, 2.75) is 25.6 Å². The number of hydrogen-bond acceptors (Lipinski definition) is 4. The maximum atomic E-state index is 11.9. The van der Waals surface area contributed by atoms with Gasteiger partial charge in [0, 0.05) is 33.2 Å². The van der Waals surface area contributed by atoms with Gasteiger partial charge in [-0.05, 0) is 12.5 Å². The second-order valence-corrected chi connectivity index (χ2v) is 5.76. The van der Waals surface area contributed by atoms with Crippen LogP contribution in [0.4, 0.5) is 4.79 Å². The Balaban J connectivity index is 1.68. The summed E-state index contributed by atoms with van der Waals surface area (Å²) in [6.45, 7) is 3.25. The third-order valence-electron chi connectivity index (χ3n) is 3.64. The minimum Gasteiger partial charge on any atom is -0.445 e. The van der Waals surface area contributed by atoms with Gasteiger partial charge in [-0.3, -0.25) is 10.1 Å². The highest BCUT2D eigenvalue weighted by Gasteiger charge is 2.33. The Bertz CT molecular complexity index is 513. The van der Waals surface area contributed by atoms with Crippen LogP contribution >= 0.6 is 0 Å². The molecule has 2 rings (SSSR count). The van der Waals surface area contributed by atoms with Crippen molar-refractivity contribution in [1.82, 2.24) is 15.1 Å². The molecule has 1 saturated heterocycles. The van der Waals surface area contributed by atoms with E-state index in [0.717, 1.165) is 5.56 Å². The molecule has 1 aliphatic heterocycles. The predicted molar refractivity (Wildman–Crippen MR) is 83.3 cm³/mol. The molecule has 1 atom stereocenters. The van der Waals surface area contributed by atoms with E-state index in [2.05, 4.69) is 5.32 Å². The summed E-state index contributed by atoms with van der Waals surface area (Å²) in [5.41, 5.74) is 0.969. The normalized spacial score (nSPS) is 15.9. The van der Waals surface area contributed by atoms with E-state index < -0.39 is 0 Å². The Kier molecular flexibility index (Phi) is 5.38. The standard InChI is InChI=1S/C16H23N3O3/c1-12(15(20)18(2)3)17-14-9-19(10-14)16(21)22-11-13-7-5-4-6-8-13/h4-8,12,14,17H,9-11H2,1-3H3/t12-/m0/s1. The lowest BCUT2D eigenvalue weighted by Gasteiger charge is -2.40. The molecule has 0 unspecified atom stereocenters. The maximum absolute atomic E-state index is 11.9. The molecule has 1 aromatic rings. The molecule has 0 radical (unpaired) electrons. The van der Waals surface area contributed by atoms with Crippen molar-refractivity contribution in [2.75, 3.05) is 27.2 Å². The number of rotatable bonds is 5. The van der Waals surface area contributed by atoms with Crippen LogP contribution in [0.15, 0.2) is 30.3 Å². The molecule has 6 heteroatoms. The number of benzene rings is 1. The van der Waals surface area contributed by atoms with E-state index in [-0.39, 0.29) is 30.7 Å². The third-order valence-corrected chi connectivity index (χ3v) is 3.64. The van der Waals surface area contributed by atoms with Gasteiger partial charge in [0.1, 0.15) is 6.61 Å². The Morgan fingerprint density at radius 1 is 1.32 bits per heavy atom. The number of nitrogens with one attached hydrogen (secondary N) is 1. The predicted octanol–water partition coefficient (Wildman–Crippen LogP) is 1.07. The number of carbonyl (C=O) groups is 2. The molecule has 0 aliphatic carbocycles. The van der Waals surface area contributed by atoms with E-state index in [1.807, 2.05) is 37.3 Å². The van der Waals surface area contributed by atoms with Crippen LogP contribution in [-0.2, 0) is 16.1 Å². The minimum absolute atomic E-state index is 0.0325. The topological polar surface area (TPSA) is 61.9 Å². The number of likely N-dealkylation sites (tertiary alicyclic amines) is 1. The van der Waals surface area contributed by atoms with Gasteiger partial charge in [-0.15, -0.1) is 0 Å². The molecule has 1 fully saturated rings.